The fraction of sp³-hybridized carbons (Fsp3) is 0.0345. The van der Waals surface area contributed by atoms with Gasteiger partial charge in [0, 0.05) is 21.7 Å². The van der Waals surface area contributed by atoms with Crippen molar-refractivity contribution in [3.05, 3.63) is 118 Å². The van der Waals surface area contributed by atoms with E-state index in [0.29, 0.717) is 21.7 Å². The zero-order valence-electron chi connectivity index (χ0n) is 18.8. The van der Waals surface area contributed by atoms with Crippen molar-refractivity contribution < 1.29 is 14.3 Å². The summed E-state index contributed by atoms with van der Waals surface area (Å²) >= 11 is 12.0. The highest BCUT2D eigenvalue weighted by Gasteiger charge is 2.17. The summed E-state index contributed by atoms with van der Waals surface area (Å²) in [6.07, 6.45) is 0. The predicted molar refractivity (Wildman–Crippen MR) is 141 cm³/mol. The Kier molecular flexibility index (Phi) is 6.76. The lowest BCUT2D eigenvalue weighted by Gasteiger charge is -2.11. The van der Waals surface area contributed by atoms with E-state index >= 15 is 0 Å². The standard InChI is InChI=1S/C29H18Cl2N2O3/c30-21-12-13-22(23(31)16-21)26(34)17-36-29(35)20-11-14-24-25(15-20)33-28(19-9-5-2-6-10-19)27(32-24)18-7-3-1-4-8-18/h1-16H,17H2. The van der Waals surface area contributed by atoms with Crippen LogP contribution in [0.25, 0.3) is 33.5 Å². The molecule has 5 aromatic rings. The van der Waals surface area contributed by atoms with Crippen LogP contribution in [0.1, 0.15) is 20.7 Å². The zero-order valence-corrected chi connectivity index (χ0v) is 20.3. The van der Waals surface area contributed by atoms with E-state index in [-0.39, 0.29) is 16.1 Å². The number of rotatable bonds is 6. The van der Waals surface area contributed by atoms with Gasteiger partial charge in [0.15, 0.2) is 6.61 Å². The number of ether oxygens (including phenoxy) is 1. The van der Waals surface area contributed by atoms with Gasteiger partial charge in [0.2, 0.25) is 5.78 Å². The second-order valence-electron chi connectivity index (χ2n) is 7.98. The third-order valence-corrected chi connectivity index (χ3v) is 6.11. The van der Waals surface area contributed by atoms with E-state index in [4.69, 9.17) is 37.9 Å². The van der Waals surface area contributed by atoms with Gasteiger partial charge in [-0.2, -0.15) is 0 Å². The molecule has 4 aromatic carbocycles. The molecule has 0 bridgehead atoms. The molecule has 0 aliphatic carbocycles. The molecule has 5 rings (SSSR count). The second-order valence-corrected chi connectivity index (χ2v) is 8.82. The van der Waals surface area contributed by atoms with E-state index in [1.807, 2.05) is 60.7 Å². The Hall–Kier alpha value is -4.06. The summed E-state index contributed by atoms with van der Waals surface area (Å²) in [4.78, 5) is 34.9. The maximum atomic E-state index is 12.7. The van der Waals surface area contributed by atoms with Gasteiger partial charge in [-0.05, 0) is 36.4 Å². The van der Waals surface area contributed by atoms with Gasteiger partial charge in [0.25, 0.3) is 0 Å². The first-order valence-electron chi connectivity index (χ1n) is 11.1. The third-order valence-electron chi connectivity index (χ3n) is 5.56. The van der Waals surface area contributed by atoms with Crippen molar-refractivity contribution in [1.82, 2.24) is 9.97 Å². The van der Waals surface area contributed by atoms with Crippen molar-refractivity contribution in [1.29, 1.82) is 0 Å². The van der Waals surface area contributed by atoms with Gasteiger partial charge in [-0.3, -0.25) is 4.79 Å². The van der Waals surface area contributed by atoms with E-state index in [1.165, 1.54) is 12.1 Å². The molecule has 1 aromatic heterocycles. The molecule has 0 fully saturated rings. The van der Waals surface area contributed by atoms with Crippen LogP contribution in [0.3, 0.4) is 0 Å². The first-order valence-corrected chi connectivity index (χ1v) is 11.8. The first-order chi connectivity index (χ1) is 17.5. The highest BCUT2D eigenvalue weighted by Crippen LogP contribution is 2.31. The maximum Gasteiger partial charge on any atom is 0.338 e. The Labute approximate surface area is 217 Å². The Bertz CT molecular complexity index is 1590. The van der Waals surface area contributed by atoms with E-state index in [0.717, 1.165) is 16.8 Å². The van der Waals surface area contributed by atoms with Gasteiger partial charge in [-0.25, -0.2) is 14.8 Å². The number of hydrogen-bond acceptors (Lipinski definition) is 5. The van der Waals surface area contributed by atoms with Crippen molar-refractivity contribution in [2.45, 2.75) is 0 Å². The molecule has 7 heteroatoms. The fourth-order valence-electron chi connectivity index (χ4n) is 3.78. The van der Waals surface area contributed by atoms with Crippen molar-refractivity contribution >= 4 is 46.0 Å². The van der Waals surface area contributed by atoms with Crippen LogP contribution in [0, 0.1) is 0 Å². The SMILES string of the molecule is O=C(OCC(=O)c1ccc(Cl)cc1Cl)c1ccc2nc(-c3ccccc3)c(-c3ccccc3)nc2c1. The molecule has 0 amide bonds. The Balaban J connectivity index is 1.45. The summed E-state index contributed by atoms with van der Waals surface area (Å²) in [6.45, 7) is -0.452. The predicted octanol–water partition coefficient (Wildman–Crippen LogP) is 7.31. The lowest BCUT2D eigenvalue weighted by atomic mass is 10.0. The highest BCUT2D eigenvalue weighted by atomic mass is 35.5. The van der Waals surface area contributed by atoms with E-state index in [1.54, 1.807) is 24.3 Å². The quantitative estimate of drug-likeness (QED) is 0.176. The molecule has 5 nitrogen and oxygen atoms in total. The normalized spacial score (nSPS) is 10.8. The number of ketones is 1. The van der Waals surface area contributed by atoms with Crippen LogP contribution in [0.5, 0.6) is 0 Å². The third kappa shape index (κ3) is 4.98. The van der Waals surface area contributed by atoms with Gasteiger partial charge in [0.05, 0.1) is 33.0 Å². The number of aromatic nitrogens is 2. The number of fused-ring (bicyclic) bond motifs is 1. The Morgan fingerprint density at radius 3 is 1.92 bits per heavy atom. The lowest BCUT2D eigenvalue weighted by Crippen LogP contribution is -2.14. The van der Waals surface area contributed by atoms with Gasteiger partial charge < -0.3 is 4.74 Å². The van der Waals surface area contributed by atoms with E-state index in [9.17, 15) is 9.59 Å². The highest BCUT2D eigenvalue weighted by molar-refractivity contribution is 6.36. The van der Waals surface area contributed by atoms with Gasteiger partial charge in [-0.15, -0.1) is 0 Å². The number of carbonyl (C=O) groups excluding carboxylic acids is 2. The molecule has 0 saturated carbocycles. The molecule has 0 aliphatic rings. The van der Waals surface area contributed by atoms with Gasteiger partial charge >= 0.3 is 5.97 Å². The molecule has 36 heavy (non-hydrogen) atoms. The van der Waals surface area contributed by atoms with E-state index < -0.39 is 18.4 Å². The molecular formula is C29H18Cl2N2O3. The smallest absolute Gasteiger partial charge is 0.338 e. The van der Waals surface area contributed by atoms with E-state index in [2.05, 4.69) is 0 Å². The van der Waals surface area contributed by atoms with Crippen LogP contribution >= 0.6 is 23.2 Å². The van der Waals surface area contributed by atoms with Crippen molar-refractivity contribution in [2.75, 3.05) is 6.61 Å². The minimum absolute atomic E-state index is 0.201. The van der Waals surface area contributed by atoms with Gasteiger partial charge in [0.1, 0.15) is 0 Å². The maximum absolute atomic E-state index is 12.7. The summed E-state index contributed by atoms with van der Waals surface area (Å²) in [5.41, 5.74) is 4.96. The molecule has 0 saturated heterocycles. The average molecular weight is 513 g/mol. The van der Waals surface area contributed by atoms with Crippen LogP contribution in [0.15, 0.2) is 97.1 Å². The summed E-state index contributed by atoms with van der Waals surface area (Å²) < 4.78 is 5.26. The van der Waals surface area contributed by atoms with Gasteiger partial charge in [-0.1, -0.05) is 83.9 Å². The number of halogens is 2. The number of benzene rings is 4. The molecule has 0 spiro atoms. The number of nitrogens with zero attached hydrogens (tertiary/aromatic N) is 2. The fourth-order valence-corrected chi connectivity index (χ4v) is 4.30. The van der Waals surface area contributed by atoms with Crippen LogP contribution in [0.4, 0.5) is 0 Å². The summed E-state index contributed by atoms with van der Waals surface area (Å²) in [6, 6.07) is 29.0. The first kappa shape index (κ1) is 23.7. The lowest BCUT2D eigenvalue weighted by molar-refractivity contribution is 0.0475. The van der Waals surface area contributed by atoms with Crippen molar-refractivity contribution in [2.24, 2.45) is 0 Å². The number of esters is 1. The van der Waals surface area contributed by atoms with Crippen LogP contribution < -0.4 is 0 Å². The molecule has 0 aliphatic heterocycles. The van der Waals surface area contributed by atoms with Crippen molar-refractivity contribution in [3.8, 4) is 22.5 Å². The molecule has 0 atom stereocenters. The molecule has 0 unspecified atom stereocenters. The summed E-state index contributed by atoms with van der Waals surface area (Å²) in [5, 5.41) is 0.614. The Morgan fingerprint density at radius 2 is 1.31 bits per heavy atom. The molecule has 0 N–H and O–H groups in total. The average Bonchev–Trinajstić information content (AvgIpc) is 2.91. The summed E-state index contributed by atoms with van der Waals surface area (Å²) in [5.74, 6) is -1.07. The Morgan fingerprint density at radius 1 is 0.694 bits per heavy atom. The molecule has 1 heterocycles. The van der Waals surface area contributed by atoms with Crippen LogP contribution in [-0.2, 0) is 4.74 Å². The number of Topliss-reactive ketones (excluding diaryl/α,β-unsaturated/α-hetero) is 1. The topological polar surface area (TPSA) is 69.2 Å². The number of hydrogen-bond donors (Lipinski definition) is 0. The molecule has 0 radical (unpaired) electrons. The minimum atomic E-state index is -0.648. The van der Waals surface area contributed by atoms with Crippen LogP contribution in [0.2, 0.25) is 10.0 Å². The molecular weight excluding hydrogens is 495 g/mol. The summed E-state index contributed by atoms with van der Waals surface area (Å²) in [7, 11) is 0. The second kappa shape index (κ2) is 10.3. The monoisotopic (exact) mass is 512 g/mol. The number of carbonyl (C=O) groups is 2. The zero-order chi connectivity index (χ0) is 25.1. The largest absolute Gasteiger partial charge is 0.454 e. The molecule has 176 valence electrons. The minimum Gasteiger partial charge on any atom is -0.454 e. The van der Waals surface area contributed by atoms with Crippen molar-refractivity contribution in [3.63, 3.8) is 0 Å². The van der Waals surface area contributed by atoms with Crippen LogP contribution in [-0.4, -0.2) is 28.3 Å².